The summed E-state index contributed by atoms with van der Waals surface area (Å²) >= 11 is 9.78. The van der Waals surface area contributed by atoms with E-state index in [2.05, 4.69) is 22.9 Å². The average molecular weight is 360 g/mol. The summed E-state index contributed by atoms with van der Waals surface area (Å²) in [6, 6.07) is 5.60. The van der Waals surface area contributed by atoms with Gasteiger partial charge in [0.2, 0.25) is 5.91 Å². The van der Waals surface area contributed by atoms with Crippen molar-refractivity contribution >= 4 is 33.4 Å². The topological polar surface area (TPSA) is 46.3 Å². The molecule has 1 heterocycles. The van der Waals surface area contributed by atoms with Crippen molar-refractivity contribution in [2.75, 3.05) is 6.54 Å². The molecule has 5 heteroatoms. The fourth-order valence-electron chi connectivity index (χ4n) is 2.82. The van der Waals surface area contributed by atoms with Gasteiger partial charge < -0.3 is 10.6 Å². The quantitative estimate of drug-likeness (QED) is 0.890. The van der Waals surface area contributed by atoms with Gasteiger partial charge in [0, 0.05) is 28.5 Å². The average Bonchev–Trinajstić information content (AvgIpc) is 2.52. The lowest BCUT2D eigenvalue weighted by molar-refractivity contribution is -0.133. The van der Waals surface area contributed by atoms with Gasteiger partial charge in [0.25, 0.3) is 0 Å². The van der Waals surface area contributed by atoms with E-state index < -0.39 is 0 Å². The molecule has 0 saturated carbocycles. The Kier molecular flexibility index (Phi) is 5.47. The Bertz CT molecular complexity index is 495. The van der Waals surface area contributed by atoms with E-state index in [1.165, 1.54) is 0 Å². The first kappa shape index (κ1) is 15.8. The van der Waals surface area contributed by atoms with Crippen LogP contribution in [0.5, 0.6) is 0 Å². The van der Waals surface area contributed by atoms with Crippen LogP contribution in [0.25, 0.3) is 0 Å². The van der Waals surface area contributed by atoms with Gasteiger partial charge in [-0.2, -0.15) is 0 Å². The second-order valence-electron chi connectivity index (χ2n) is 5.25. The monoisotopic (exact) mass is 358 g/mol. The largest absolute Gasteiger partial charge is 0.334 e. The van der Waals surface area contributed by atoms with Crippen LogP contribution in [0.3, 0.4) is 0 Å². The van der Waals surface area contributed by atoms with Crippen LogP contribution in [-0.2, 0) is 4.79 Å². The minimum absolute atomic E-state index is 0.0633. The van der Waals surface area contributed by atoms with E-state index in [1.807, 2.05) is 23.1 Å². The van der Waals surface area contributed by atoms with Crippen molar-refractivity contribution in [3.63, 3.8) is 0 Å². The van der Waals surface area contributed by atoms with Crippen LogP contribution in [0.1, 0.15) is 44.2 Å². The minimum Gasteiger partial charge on any atom is -0.334 e. The Hall–Kier alpha value is -0.580. The Morgan fingerprint density at radius 3 is 2.90 bits per heavy atom. The van der Waals surface area contributed by atoms with Crippen molar-refractivity contribution < 1.29 is 4.79 Å². The van der Waals surface area contributed by atoms with E-state index in [-0.39, 0.29) is 18.0 Å². The third kappa shape index (κ3) is 3.35. The van der Waals surface area contributed by atoms with Crippen molar-refractivity contribution in [3.05, 3.63) is 33.3 Å². The van der Waals surface area contributed by atoms with E-state index in [0.717, 1.165) is 35.8 Å². The summed E-state index contributed by atoms with van der Waals surface area (Å²) in [5.41, 5.74) is 7.29. The number of halogens is 2. The maximum Gasteiger partial charge on any atom is 0.223 e. The van der Waals surface area contributed by atoms with Gasteiger partial charge in [-0.25, -0.2) is 0 Å². The highest BCUT2D eigenvalue weighted by Crippen LogP contribution is 2.35. The number of amides is 1. The number of carbonyl (C=O) groups excluding carboxylic acids is 1. The molecule has 20 heavy (non-hydrogen) atoms. The summed E-state index contributed by atoms with van der Waals surface area (Å²) in [6.07, 6.45) is 3.20. The standard InChI is InChI=1S/C15H20BrClN2O/c1-2-8-19-14(20)5-3-4-13(18)15(19)11-7-6-10(16)9-12(11)17/h6-7,9,13,15H,2-5,8,18H2,1H3. The zero-order chi connectivity index (χ0) is 14.7. The Labute approximate surface area is 133 Å². The van der Waals surface area contributed by atoms with Crippen molar-refractivity contribution in [2.45, 2.75) is 44.7 Å². The van der Waals surface area contributed by atoms with Gasteiger partial charge in [0.1, 0.15) is 0 Å². The normalized spacial score (nSPS) is 23.8. The molecule has 0 radical (unpaired) electrons. The highest BCUT2D eigenvalue weighted by molar-refractivity contribution is 9.10. The lowest BCUT2D eigenvalue weighted by atomic mass is 9.96. The fraction of sp³-hybridized carbons (Fsp3) is 0.533. The van der Waals surface area contributed by atoms with Gasteiger partial charge in [0.15, 0.2) is 0 Å². The van der Waals surface area contributed by atoms with Crippen LogP contribution in [0, 0.1) is 0 Å². The number of rotatable bonds is 3. The van der Waals surface area contributed by atoms with Gasteiger partial charge in [0.05, 0.1) is 6.04 Å². The molecule has 2 unspecified atom stereocenters. The molecule has 0 aromatic heterocycles. The van der Waals surface area contributed by atoms with E-state index in [4.69, 9.17) is 17.3 Å². The molecule has 1 aliphatic rings. The maximum atomic E-state index is 12.3. The number of benzene rings is 1. The summed E-state index contributed by atoms with van der Waals surface area (Å²) in [5, 5.41) is 0.663. The zero-order valence-electron chi connectivity index (χ0n) is 11.6. The zero-order valence-corrected chi connectivity index (χ0v) is 14.0. The van der Waals surface area contributed by atoms with Crippen LogP contribution in [-0.4, -0.2) is 23.4 Å². The third-order valence-electron chi connectivity index (χ3n) is 3.74. The first-order chi connectivity index (χ1) is 9.54. The molecule has 0 spiro atoms. The molecule has 110 valence electrons. The molecule has 1 amide bonds. The summed E-state index contributed by atoms with van der Waals surface area (Å²) < 4.78 is 0.932. The Morgan fingerprint density at radius 1 is 1.50 bits per heavy atom. The predicted molar refractivity (Wildman–Crippen MR) is 85.7 cm³/mol. The molecule has 1 aromatic rings. The maximum absolute atomic E-state index is 12.3. The van der Waals surface area contributed by atoms with Gasteiger partial charge >= 0.3 is 0 Å². The molecule has 2 N–H and O–H groups in total. The van der Waals surface area contributed by atoms with Gasteiger partial charge in [-0.05, 0) is 37.0 Å². The lowest BCUT2D eigenvalue weighted by Gasteiger charge is -2.34. The number of carbonyl (C=O) groups is 1. The molecule has 3 nitrogen and oxygen atoms in total. The van der Waals surface area contributed by atoms with Crippen molar-refractivity contribution in [2.24, 2.45) is 5.73 Å². The molecule has 2 atom stereocenters. The molecular formula is C15H20BrClN2O. The summed E-state index contributed by atoms with van der Waals surface area (Å²) in [5.74, 6) is 0.184. The van der Waals surface area contributed by atoms with Gasteiger partial charge in [-0.15, -0.1) is 0 Å². The molecule has 1 aliphatic heterocycles. The van der Waals surface area contributed by atoms with Crippen molar-refractivity contribution in [1.82, 2.24) is 4.90 Å². The number of hydrogen-bond acceptors (Lipinski definition) is 2. The summed E-state index contributed by atoms with van der Waals surface area (Å²) in [7, 11) is 0. The van der Waals surface area contributed by atoms with Crippen LogP contribution in [0.15, 0.2) is 22.7 Å². The number of nitrogens with two attached hydrogens (primary N) is 1. The van der Waals surface area contributed by atoms with E-state index in [9.17, 15) is 4.79 Å². The Morgan fingerprint density at radius 2 is 2.25 bits per heavy atom. The van der Waals surface area contributed by atoms with Crippen LogP contribution in [0.2, 0.25) is 5.02 Å². The van der Waals surface area contributed by atoms with Crippen LogP contribution in [0.4, 0.5) is 0 Å². The molecular weight excluding hydrogens is 340 g/mol. The molecule has 1 fully saturated rings. The number of nitrogens with zero attached hydrogens (tertiary/aromatic N) is 1. The molecule has 0 aliphatic carbocycles. The SMILES string of the molecule is CCCN1C(=O)CCCC(N)C1c1ccc(Br)cc1Cl. The van der Waals surface area contributed by atoms with E-state index in [0.29, 0.717) is 11.4 Å². The third-order valence-corrected chi connectivity index (χ3v) is 4.56. The number of likely N-dealkylation sites (tertiary alicyclic amines) is 1. The van der Waals surface area contributed by atoms with Gasteiger partial charge in [-0.3, -0.25) is 4.79 Å². The first-order valence-corrected chi connectivity index (χ1v) is 8.21. The predicted octanol–water partition coefficient (Wildman–Crippen LogP) is 3.89. The highest BCUT2D eigenvalue weighted by Gasteiger charge is 2.33. The molecule has 1 saturated heterocycles. The van der Waals surface area contributed by atoms with Crippen molar-refractivity contribution in [1.29, 1.82) is 0 Å². The number of hydrogen-bond donors (Lipinski definition) is 1. The van der Waals surface area contributed by atoms with E-state index >= 15 is 0 Å². The minimum atomic E-state index is -0.120. The van der Waals surface area contributed by atoms with Crippen molar-refractivity contribution in [3.8, 4) is 0 Å². The lowest BCUT2D eigenvalue weighted by Crippen LogP contribution is -2.42. The second-order valence-corrected chi connectivity index (χ2v) is 6.58. The smallest absolute Gasteiger partial charge is 0.223 e. The van der Waals surface area contributed by atoms with Crippen LogP contribution >= 0.6 is 27.5 Å². The first-order valence-electron chi connectivity index (χ1n) is 7.04. The molecule has 2 rings (SSSR count). The molecule has 0 bridgehead atoms. The Balaban J connectivity index is 2.42. The van der Waals surface area contributed by atoms with Gasteiger partial charge in [-0.1, -0.05) is 40.5 Å². The highest BCUT2D eigenvalue weighted by atomic mass is 79.9. The fourth-order valence-corrected chi connectivity index (χ4v) is 3.61. The van der Waals surface area contributed by atoms with Crippen LogP contribution < -0.4 is 5.73 Å². The summed E-state index contributed by atoms with van der Waals surface area (Å²) in [6.45, 7) is 2.80. The summed E-state index contributed by atoms with van der Waals surface area (Å²) in [4.78, 5) is 14.2. The van der Waals surface area contributed by atoms with E-state index in [1.54, 1.807) is 0 Å². The second kappa shape index (κ2) is 6.92. The molecule has 1 aromatic carbocycles.